The molecule has 1 aromatic carbocycles. The highest BCUT2D eigenvalue weighted by Gasteiger charge is 2.35. The summed E-state index contributed by atoms with van der Waals surface area (Å²) in [5.74, 6) is 0.285. The Morgan fingerprint density at radius 3 is 2.64 bits per heavy atom. The van der Waals surface area contributed by atoms with E-state index in [1.54, 1.807) is 30.3 Å². The lowest BCUT2D eigenvalue weighted by Gasteiger charge is -2.31. The molecule has 176 valence electrons. The third-order valence-electron chi connectivity index (χ3n) is 5.23. The Morgan fingerprint density at radius 2 is 2.00 bits per heavy atom. The van der Waals surface area contributed by atoms with Crippen molar-refractivity contribution in [2.24, 2.45) is 0 Å². The molecule has 0 spiro atoms. The molecule has 1 fully saturated rings. The van der Waals surface area contributed by atoms with Gasteiger partial charge in [0.25, 0.3) is 0 Å². The van der Waals surface area contributed by atoms with E-state index in [4.69, 9.17) is 14.6 Å². The lowest BCUT2D eigenvalue weighted by molar-refractivity contribution is -0.131. The van der Waals surface area contributed by atoms with Gasteiger partial charge in [-0.2, -0.15) is 0 Å². The molecule has 8 nitrogen and oxygen atoms in total. The molecular weight excluding hydrogens is 422 g/mol. The summed E-state index contributed by atoms with van der Waals surface area (Å²) in [5.41, 5.74) is 1.08. The molecule has 1 aromatic heterocycles. The van der Waals surface area contributed by atoms with E-state index < -0.39 is 17.7 Å². The van der Waals surface area contributed by atoms with Gasteiger partial charge in [-0.3, -0.25) is 9.80 Å². The van der Waals surface area contributed by atoms with Gasteiger partial charge in [0.2, 0.25) is 0 Å². The largest absolute Gasteiger partial charge is 0.496 e. The van der Waals surface area contributed by atoms with Crippen molar-refractivity contribution >= 4 is 24.0 Å². The lowest BCUT2D eigenvalue weighted by Crippen LogP contribution is -2.45. The number of carbonyl (C=O) groups excluding carboxylic acids is 1. The third-order valence-corrected chi connectivity index (χ3v) is 5.23. The van der Waals surface area contributed by atoms with Crippen molar-refractivity contribution in [3.8, 4) is 5.75 Å². The van der Waals surface area contributed by atoms with Gasteiger partial charge in [-0.05, 0) is 57.0 Å². The van der Waals surface area contributed by atoms with Crippen molar-refractivity contribution in [2.45, 2.75) is 45.4 Å². The number of pyridine rings is 1. The number of hydrogen-bond acceptors (Lipinski definition) is 6. The zero-order chi connectivity index (χ0) is 24.0. The number of nitrogens with zero attached hydrogens (tertiary/aromatic N) is 3. The van der Waals surface area contributed by atoms with Gasteiger partial charge in [0.1, 0.15) is 17.2 Å². The number of rotatable bonds is 7. The van der Waals surface area contributed by atoms with Gasteiger partial charge in [-0.25, -0.2) is 14.6 Å². The first-order valence-corrected chi connectivity index (χ1v) is 10.9. The van der Waals surface area contributed by atoms with E-state index in [1.165, 1.54) is 6.08 Å². The Bertz CT molecular complexity index is 998. The number of para-hydroxylation sites is 1. The minimum Gasteiger partial charge on any atom is -0.496 e. The molecule has 0 saturated carbocycles. The number of aliphatic carboxylic acids is 1. The van der Waals surface area contributed by atoms with Crippen molar-refractivity contribution in [2.75, 3.05) is 25.1 Å². The monoisotopic (exact) mass is 453 g/mol. The van der Waals surface area contributed by atoms with E-state index in [2.05, 4.69) is 9.88 Å². The number of hydrogen-bond donors (Lipinski definition) is 1. The predicted octanol–water partition coefficient (Wildman–Crippen LogP) is 4.20. The van der Waals surface area contributed by atoms with Gasteiger partial charge in [0.05, 0.1) is 13.2 Å². The quantitative estimate of drug-likeness (QED) is 0.628. The zero-order valence-electron chi connectivity index (χ0n) is 19.5. The van der Waals surface area contributed by atoms with Crippen molar-refractivity contribution in [1.82, 2.24) is 9.88 Å². The molecule has 2 aromatic rings. The topological polar surface area (TPSA) is 92.2 Å². The highest BCUT2D eigenvalue weighted by molar-refractivity contribution is 5.88. The molecule has 3 rings (SSSR count). The second-order valence-corrected chi connectivity index (χ2v) is 8.96. The average Bonchev–Trinajstić information content (AvgIpc) is 3.20. The molecule has 0 aliphatic carbocycles. The molecular formula is C25H31N3O5. The lowest BCUT2D eigenvalue weighted by atomic mass is 10.2. The smallest absolute Gasteiger partial charge is 0.416 e. The van der Waals surface area contributed by atoms with Crippen molar-refractivity contribution in [3.05, 3.63) is 59.8 Å². The molecule has 1 saturated heterocycles. The molecule has 33 heavy (non-hydrogen) atoms. The summed E-state index contributed by atoms with van der Waals surface area (Å²) < 4.78 is 11.2. The summed E-state index contributed by atoms with van der Waals surface area (Å²) in [5, 5.41) is 8.82. The Morgan fingerprint density at radius 1 is 1.24 bits per heavy atom. The van der Waals surface area contributed by atoms with Crippen LogP contribution in [0.1, 0.15) is 38.3 Å². The minimum atomic E-state index is -1.03. The van der Waals surface area contributed by atoms with E-state index >= 15 is 0 Å². The van der Waals surface area contributed by atoms with Gasteiger partial charge in [0, 0.05) is 37.5 Å². The molecule has 8 heteroatoms. The van der Waals surface area contributed by atoms with Crippen LogP contribution in [0.25, 0.3) is 6.08 Å². The maximum Gasteiger partial charge on any atom is 0.416 e. The van der Waals surface area contributed by atoms with Crippen LogP contribution in [-0.2, 0) is 16.1 Å². The summed E-state index contributed by atoms with van der Waals surface area (Å²) in [6.07, 6.45) is 4.38. The summed E-state index contributed by atoms with van der Waals surface area (Å²) in [6.45, 7) is 7.70. The number of likely N-dealkylation sites (tertiary alicyclic amines) is 1. The highest BCUT2D eigenvalue weighted by Crippen LogP contribution is 2.27. The minimum absolute atomic E-state index is 0.109. The van der Waals surface area contributed by atoms with Crippen molar-refractivity contribution in [1.29, 1.82) is 0 Å². The Hall–Kier alpha value is -3.39. The van der Waals surface area contributed by atoms with Gasteiger partial charge in [-0.1, -0.05) is 18.2 Å². The Labute approximate surface area is 194 Å². The predicted molar refractivity (Wildman–Crippen MR) is 126 cm³/mol. The average molecular weight is 454 g/mol. The number of amides is 1. The van der Waals surface area contributed by atoms with Crippen LogP contribution in [0, 0.1) is 0 Å². The number of benzene rings is 1. The number of carboxylic acid groups (broad SMARTS) is 1. The normalized spacial score (nSPS) is 16.7. The van der Waals surface area contributed by atoms with Crippen LogP contribution in [0.3, 0.4) is 0 Å². The fraction of sp³-hybridized carbons (Fsp3) is 0.400. The highest BCUT2D eigenvalue weighted by atomic mass is 16.6. The number of methoxy groups -OCH3 is 1. The molecule has 1 N–H and O–H groups in total. The van der Waals surface area contributed by atoms with Crippen molar-refractivity contribution in [3.63, 3.8) is 0 Å². The zero-order valence-corrected chi connectivity index (χ0v) is 19.5. The van der Waals surface area contributed by atoms with Gasteiger partial charge >= 0.3 is 12.1 Å². The number of anilines is 1. The summed E-state index contributed by atoms with van der Waals surface area (Å²) in [7, 11) is 1.66. The SMILES string of the molecule is COc1ccccc1CN1CC[C@@H](N(C(=O)OC(C)(C)C)c2ccc(C=CC(=O)O)cn2)C1. The summed E-state index contributed by atoms with van der Waals surface area (Å²) in [6, 6.07) is 11.3. The van der Waals surface area contributed by atoms with E-state index in [0.29, 0.717) is 17.9 Å². The first-order chi connectivity index (χ1) is 15.7. The van der Waals surface area contributed by atoms with E-state index in [-0.39, 0.29) is 6.04 Å². The maximum absolute atomic E-state index is 13.1. The summed E-state index contributed by atoms with van der Waals surface area (Å²) >= 11 is 0. The van der Waals surface area contributed by atoms with E-state index in [0.717, 1.165) is 36.9 Å². The first kappa shape index (κ1) is 24.3. The van der Waals surface area contributed by atoms with Crippen LogP contribution >= 0.6 is 0 Å². The van der Waals surface area contributed by atoms with E-state index in [1.807, 2.05) is 45.0 Å². The van der Waals surface area contributed by atoms with Crippen LogP contribution in [0.5, 0.6) is 5.75 Å². The number of carbonyl (C=O) groups is 2. The van der Waals surface area contributed by atoms with Gasteiger partial charge in [0.15, 0.2) is 0 Å². The van der Waals surface area contributed by atoms with Gasteiger partial charge < -0.3 is 14.6 Å². The summed E-state index contributed by atoms with van der Waals surface area (Å²) in [4.78, 5) is 32.2. The standard InChI is InChI=1S/C25H31N3O5/c1-25(2,3)33-24(31)28(22-11-9-18(15-26-22)10-12-23(29)30)20-13-14-27(17-20)16-19-7-5-6-8-21(19)32-4/h5-12,15,20H,13-14,16-17H2,1-4H3,(H,29,30)/t20-/m1/s1. The van der Waals surface area contributed by atoms with Crippen LogP contribution in [0.2, 0.25) is 0 Å². The van der Waals surface area contributed by atoms with Crippen molar-refractivity contribution < 1.29 is 24.2 Å². The molecule has 0 unspecified atom stereocenters. The Kier molecular flexibility index (Phi) is 7.71. The van der Waals surface area contributed by atoms with Crippen LogP contribution < -0.4 is 9.64 Å². The molecule has 0 bridgehead atoms. The molecule has 1 aliphatic heterocycles. The fourth-order valence-corrected chi connectivity index (χ4v) is 3.79. The van der Waals surface area contributed by atoms with Crippen LogP contribution in [0.4, 0.5) is 10.6 Å². The number of ether oxygens (including phenoxy) is 2. The number of carboxylic acids is 1. The number of aromatic nitrogens is 1. The molecule has 1 amide bonds. The fourth-order valence-electron chi connectivity index (χ4n) is 3.79. The second-order valence-electron chi connectivity index (χ2n) is 8.96. The molecule has 2 heterocycles. The van der Waals surface area contributed by atoms with Gasteiger partial charge in [-0.15, -0.1) is 0 Å². The Balaban J connectivity index is 1.80. The van der Waals surface area contributed by atoms with Crippen LogP contribution in [-0.4, -0.2) is 58.9 Å². The second kappa shape index (κ2) is 10.5. The third kappa shape index (κ3) is 6.79. The molecule has 1 atom stereocenters. The molecule has 0 radical (unpaired) electrons. The first-order valence-electron chi connectivity index (χ1n) is 10.9. The molecule has 1 aliphatic rings. The van der Waals surface area contributed by atoms with E-state index in [9.17, 15) is 9.59 Å². The maximum atomic E-state index is 13.1. The van der Waals surface area contributed by atoms with Crippen LogP contribution in [0.15, 0.2) is 48.7 Å².